The molecule has 20 heavy (non-hydrogen) atoms. The van der Waals surface area contributed by atoms with Gasteiger partial charge in [-0.1, -0.05) is 13.0 Å². The van der Waals surface area contributed by atoms with Crippen LogP contribution in [-0.2, 0) is 12.8 Å². The van der Waals surface area contributed by atoms with Gasteiger partial charge in [-0.15, -0.1) is 0 Å². The molecule has 1 aromatic carbocycles. The van der Waals surface area contributed by atoms with Crippen LogP contribution in [-0.4, -0.2) is 25.5 Å². The zero-order valence-electron chi connectivity index (χ0n) is 12.3. The van der Waals surface area contributed by atoms with E-state index in [9.17, 15) is 4.79 Å². The summed E-state index contributed by atoms with van der Waals surface area (Å²) in [6.45, 7) is 5.18. The normalized spacial score (nSPS) is 20.4. The minimum absolute atomic E-state index is 0.0828. The number of benzene rings is 1. The van der Waals surface area contributed by atoms with E-state index >= 15 is 0 Å². The minimum atomic E-state index is 0.0828. The third-order valence-corrected chi connectivity index (χ3v) is 4.85. The number of piperidine rings is 1. The predicted molar refractivity (Wildman–Crippen MR) is 81.0 cm³/mol. The van der Waals surface area contributed by atoms with Crippen LogP contribution in [0.2, 0.25) is 0 Å². The third kappa shape index (κ3) is 2.88. The van der Waals surface area contributed by atoms with Gasteiger partial charge in [0.25, 0.3) is 5.91 Å². The molecule has 3 rings (SSSR count). The summed E-state index contributed by atoms with van der Waals surface area (Å²) in [5, 5.41) is 6.51. The molecule has 1 aromatic rings. The first-order valence-corrected chi connectivity index (χ1v) is 7.77. The van der Waals surface area contributed by atoms with Crippen LogP contribution >= 0.6 is 0 Å². The highest BCUT2D eigenvalue weighted by molar-refractivity contribution is 5.94. The van der Waals surface area contributed by atoms with E-state index < -0.39 is 0 Å². The maximum absolute atomic E-state index is 12.3. The van der Waals surface area contributed by atoms with E-state index in [1.807, 2.05) is 6.07 Å². The van der Waals surface area contributed by atoms with Gasteiger partial charge in [-0.25, -0.2) is 0 Å². The molecule has 0 aromatic heterocycles. The number of carbonyl (C=O) groups excluding carboxylic acids is 1. The van der Waals surface area contributed by atoms with E-state index in [-0.39, 0.29) is 11.3 Å². The van der Waals surface area contributed by atoms with Crippen molar-refractivity contribution in [3.63, 3.8) is 0 Å². The van der Waals surface area contributed by atoms with Crippen molar-refractivity contribution in [2.45, 2.75) is 39.0 Å². The zero-order chi connectivity index (χ0) is 14.0. The highest BCUT2D eigenvalue weighted by Gasteiger charge is 2.27. The maximum atomic E-state index is 12.3. The summed E-state index contributed by atoms with van der Waals surface area (Å²) >= 11 is 0. The summed E-state index contributed by atoms with van der Waals surface area (Å²) in [6.07, 6.45) is 5.79. The number of rotatable bonds is 3. The topological polar surface area (TPSA) is 41.1 Å². The van der Waals surface area contributed by atoms with Crippen LogP contribution in [0, 0.1) is 5.41 Å². The van der Waals surface area contributed by atoms with Crippen LogP contribution in [0.1, 0.15) is 47.7 Å². The molecule has 2 N–H and O–H groups in total. The monoisotopic (exact) mass is 272 g/mol. The molecular weight excluding hydrogens is 248 g/mol. The van der Waals surface area contributed by atoms with E-state index in [0.717, 1.165) is 44.5 Å². The third-order valence-electron chi connectivity index (χ3n) is 4.85. The second kappa shape index (κ2) is 5.57. The van der Waals surface area contributed by atoms with Crippen LogP contribution in [0.15, 0.2) is 18.2 Å². The summed E-state index contributed by atoms with van der Waals surface area (Å²) in [5.41, 5.74) is 3.86. The average molecular weight is 272 g/mol. The van der Waals surface area contributed by atoms with Gasteiger partial charge in [-0.05, 0) is 73.9 Å². The van der Waals surface area contributed by atoms with Crippen LogP contribution in [0.3, 0.4) is 0 Å². The number of fused-ring (bicyclic) bond motifs is 1. The van der Waals surface area contributed by atoms with Crippen molar-refractivity contribution in [3.05, 3.63) is 34.9 Å². The molecule has 0 spiro atoms. The molecule has 0 unspecified atom stereocenters. The maximum Gasteiger partial charge on any atom is 0.251 e. The number of nitrogens with one attached hydrogen (secondary N) is 2. The Bertz CT molecular complexity index is 504. The van der Waals surface area contributed by atoms with Crippen molar-refractivity contribution >= 4 is 5.91 Å². The Balaban J connectivity index is 1.61. The summed E-state index contributed by atoms with van der Waals surface area (Å²) in [5.74, 6) is 0.0828. The molecule has 0 radical (unpaired) electrons. The molecule has 3 heteroatoms. The average Bonchev–Trinajstić information content (AvgIpc) is 2.93. The van der Waals surface area contributed by atoms with Crippen molar-refractivity contribution in [3.8, 4) is 0 Å². The van der Waals surface area contributed by atoms with Gasteiger partial charge in [-0.2, -0.15) is 0 Å². The molecule has 0 saturated carbocycles. The molecule has 2 aliphatic rings. The molecule has 1 aliphatic heterocycles. The molecule has 0 bridgehead atoms. The lowest BCUT2D eigenvalue weighted by Crippen LogP contribution is -2.42. The molecular formula is C17H24N2O. The van der Waals surface area contributed by atoms with Gasteiger partial charge in [0.1, 0.15) is 0 Å². The second-order valence-electron chi connectivity index (χ2n) is 6.58. The summed E-state index contributed by atoms with van der Waals surface area (Å²) in [6, 6.07) is 6.19. The Morgan fingerprint density at radius 1 is 1.25 bits per heavy atom. The SMILES string of the molecule is CC1(CNC(=O)c2ccc3c(c2)CCC3)CCNCC1. The highest BCUT2D eigenvalue weighted by Crippen LogP contribution is 2.27. The fraction of sp³-hybridized carbons (Fsp3) is 0.588. The Hall–Kier alpha value is -1.35. The van der Waals surface area contributed by atoms with Crippen molar-refractivity contribution in [2.24, 2.45) is 5.41 Å². The molecule has 3 nitrogen and oxygen atoms in total. The zero-order valence-corrected chi connectivity index (χ0v) is 12.3. The fourth-order valence-corrected chi connectivity index (χ4v) is 3.32. The van der Waals surface area contributed by atoms with Gasteiger partial charge in [0.2, 0.25) is 0 Å². The van der Waals surface area contributed by atoms with Gasteiger partial charge in [0, 0.05) is 12.1 Å². The Labute approximate surface area is 121 Å². The highest BCUT2D eigenvalue weighted by atomic mass is 16.1. The van der Waals surface area contributed by atoms with Gasteiger partial charge >= 0.3 is 0 Å². The van der Waals surface area contributed by atoms with E-state index in [1.165, 1.54) is 24.0 Å². The summed E-state index contributed by atoms with van der Waals surface area (Å²) in [7, 11) is 0. The van der Waals surface area contributed by atoms with Crippen molar-refractivity contribution < 1.29 is 4.79 Å². The number of carbonyl (C=O) groups is 1. The fourth-order valence-electron chi connectivity index (χ4n) is 3.32. The first-order chi connectivity index (χ1) is 9.66. The quantitative estimate of drug-likeness (QED) is 0.886. The Morgan fingerprint density at radius 3 is 2.80 bits per heavy atom. The van der Waals surface area contributed by atoms with Crippen molar-refractivity contribution in [1.29, 1.82) is 0 Å². The number of amides is 1. The van der Waals surface area contributed by atoms with E-state index in [2.05, 4.69) is 29.7 Å². The van der Waals surface area contributed by atoms with Crippen molar-refractivity contribution in [2.75, 3.05) is 19.6 Å². The van der Waals surface area contributed by atoms with E-state index in [1.54, 1.807) is 0 Å². The first kappa shape index (κ1) is 13.6. The van der Waals surface area contributed by atoms with Gasteiger partial charge < -0.3 is 10.6 Å². The molecule has 1 amide bonds. The molecule has 1 aliphatic carbocycles. The minimum Gasteiger partial charge on any atom is -0.351 e. The second-order valence-corrected chi connectivity index (χ2v) is 6.58. The molecule has 1 fully saturated rings. The number of aryl methyl sites for hydroxylation is 2. The molecule has 1 heterocycles. The predicted octanol–water partition coefficient (Wildman–Crippen LogP) is 2.29. The molecule has 0 atom stereocenters. The molecule has 1 saturated heterocycles. The Morgan fingerprint density at radius 2 is 2.00 bits per heavy atom. The van der Waals surface area contributed by atoms with E-state index in [0.29, 0.717) is 0 Å². The lowest BCUT2D eigenvalue weighted by Gasteiger charge is -2.34. The summed E-state index contributed by atoms with van der Waals surface area (Å²) < 4.78 is 0. The van der Waals surface area contributed by atoms with Gasteiger partial charge in [0.05, 0.1) is 0 Å². The van der Waals surface area contributed by atoms with Crippen LogP contribution in [0.5, 0.6) is 0 Å². The number of hydrogen-bond donors (Lipinski definition) is 2. The van der Waals surface area contributed by atoms with E-state index in [4.69, 9.17) is 0 Å². The van der Waals surface area contributed by atoms with Crippen LogP contribution < -0.4 is 10.6 Å². The standard InChI is InChI=1S/C17H24N2O/c1-17(7-9-18-10-8-17)12-19-16(20)15-6-5-13-3-2-4-14(13)11-15/h5-6,11,18H,2-4,7-10,12H2,1H3,(H,19,20). The molecule has 108 valence electrons. The van der Waals surface area contributed by atoms with Gasteiger partial charge in [-0.3, -0.25) is 4.79 Å². The Kier molecular flexibility index (Phi) is 3.79. The smallest absolute Gasteiger partial charge is 0.251 e. The van der Waals surface area contributed by atoms with Crippen LogP contribution in [0.4, 0.5) is 0 Å². The van der Waals surface area contributed by atoms with Crippen molar-refractivity contribution in [1.82, 2.24) is 10.6 Å². The first-order valence-electron chi connectivity index (χ1n) is 7.77. The lowest BCUT2D eigenvalue weighted by molar-refractivity contribution is 0.0922. The largest absolute Gasteiger partial charge is 0.351 e. The van der Waals surface area contributed by atoms with Crippen LogP contribution in [0.25, 0.3) is 0 Å². The lowest BCUT2D eigenvalue weighted by atomic mass is 9.81. The van der Waals surface area contributed by atoms with Gasteiger partial charge in [0.15, 0.2) is 0 Å². The number of hydrogen-bond acceptors (Lipinski definition) is 2. The summed E-state index contributed by atoms with van der Waals surface area (Å²) in [4.78, 5) is 12.3.